The molecule has 2 aromatic rings. The van der Waals surface area contributed by atoms with Gasteiger partial charge in [-0.25, -0.2) is 4.98 Å². The third-order valence-electron chi connectivity index (χ3n) is 4.77. The zero-order valence-electron chi connectivity index (χ0n) is 13.6. The highest BCUT2D eigenvalue weighted by Gasteiger charge is 2.39. The molecule has 1 saturated heterocycles. The second kappa shape index (κ2) is 5.37. The molecule has 1 atom stereocenters. The Balaban J connectivity index is 1.55. The van der Waals surface area contributed by atoms with E-state index in [9.17, 15) is 4.79 Å². The van der Waals surface area contributed by atoms with E-state index in [2.05, 4.69) is 21.0 Å². The van der Waals surface area contributed by atoms with E-state index in [1.54, 1.807) is 6.20 Å². The van der Waals surface area contributed by atoms with Crippen molar-refractivity contribution in [2.75, 3.05) is 22.9 Å². The fourth-order valence-electron chi connectivity index (χ4n) is 3.71. The van der Waals surface area contributed by atoms with Gasteiger partial charge in [0.05, 0.1) is 17.4 Å². The number of nitrogens with zero attached hydrogens (tertiary/aromatic N) is 5. The lowest BCUT2D eigenvalue weighted by molar-refractivity contribution is -0.119. The third-order valence-corrected chi connectivity index (χ3v) is 4.77. The highest BCUT2D eigenvalue weighted by atomic mass is 16.2. The summed E-state index contributed by atoms with van der Waals surface area (Å²) in [5.41, 5.74) is 3.17. The van der Waals surface area contributed by atoms with Gasteiger partial charge in [-0.3, -0.25) is 14.4 Å². The van der Waals surface area contributed by atoms with Gasteiger partial charge in [-0.15, -0.1) is 0 Å². The lowest BCUT2D eigenvalue weighted by Gasteiger charge is -2.35. The van der Waals surface area contributed by atoms with Gasteiger partial charge in [-0.1, -0.05) is 0 Å². The number of fused-ring (bicyclic) bond motifs is 4. The van der Waals surface area contributed by atoms with Gasteiger partial charge in [0.15, 0.2) is 5.82 Å². The first-order valence-electron chi connectivity index (χ1n) is 8.16. The first-order valence-corrected chi connectivity index (χ1v) is 8.16. The molecule has 1 amide bonds. The SMILES string of the molecule is Cc1cc(C)n(CCC(=O)N2c3ncccc3N3CCC2C3)n1. The third kappa shape index (κ3) is 2.38. The lowest BCUT2D eigenvalue weighted by atomic mass is 10.1. The molecular weight excluding hydrogens is 290 g/mol. The maximum absolute atomic E-state index is 12.9. The number of hydrogen-bond acceptors (Lipinski definition) is 4. The minimum absolute atomic E-state index is 0.143. The van der Waals surface area contributed by atoms with Crippen LogP contribution in [-0.2, 0) is 11.3 Å². The summed E-state index contributed by atoms with van der Waals surface area (Å²) in [5, 5.41) is 4.44. The Bertz CT molecular complexity index is 753. The fourth-order valence-corrected chi connectivity index (χ4v) is 3.71. The Kier molecular flexibility index (Phi) is 3.32. The first kappa shape index (κ1) is 14.2. The highest BCUT2D eigenvalue weighted by molar-refractivity contribution is 5.97. The molecule has 2 aliphatic rings. The van der Waals surface area contributed by atoms with Crippen molar-refractivity contribution in [1.82, 2.24) is 14.8 Å². The molecule has 4 rings (SSSR count). The van der Waals surface area contributed by atoms with Crippen LogP contribution < -0.4 is 9.80 Å². The molecule has 2 bridgehead atoms. The zero-order chi connectivity index (χ0) is 16.0. The summed E-state index contributed by atoms with van der Waals surface area (Å²) in [5.74, 6) is 0.962. The molecule has 2 aromatic heterocycles. The summed E-state index contributed by atoms with van der Waals surface area (Å²) in [6, 6.07) is 6.29. The molecule has 1 fully saturated rings. The molecule has 1 unspecified atom stereocenters. The van der Waals surface area contributed by atoms with Gasteiger partial charge < -0.3 is 4.90 Å². The quantitative estimate of drug-likeness (QED) is 0.869. The van der Waals surface area contributed by atoms with Crippen molar-refractivity contribution in [1.29, 1.82) is 0 Å². The summed E-state index contributed by atoms with van der Waals surface area (Å²) >= 11 is 0. The van der Waals surface area contributed by atoms with E-state index in [1.807, 2.05) is 35.6 Å². The predicted molar refractivity (Wildman–Crippen MR) is 88.7 cm³/mol. The second-order valence-electron chi connectivity index (χ2n) is 6.40. The second-order valence-corrected chi connectivity index (χ2v) is 6.40. The molecule has 4 heterocycles. The molecule has 6 nitrogen and oxygen atoms in total. The number of anilines is 2. The monoisotopic (exact) mass is 311 g/mol. The molecule has 0 radical (unpaired) electrons. The van der Waals surface area contributed by atoms with E-state index < -0.39 is 0 Å². The average Bonchev–Trinajstić information content (AvgIpc) is 3.09. The van der Waals surface area contributed by atoms with Crippen LogP contribution in [-0.4, -0.2) is 39.8 Å². The van der Waals surface area contributed by atoms with Gasteiger partial charge in [0.2, 0.25) is 5.91 Å². The number of carbonyl (C=O) groups is 1. The smallest absolute Gasteiger partial charge is 0.230 e. The molecule has 0 N–H and O–H groups in total. The van der Waals surface area contributed by atoms with E-state index in [1.165, 1.54) is 0 Å². The number of hydrogen-bond donors (Lipinski definition) is 0. The topological polar surface area (TPSA) is 54.3 Å². The van der Waals surface area contributed by atoms with Gasteiger partial charge in [-0.2, -0.15) is 5.10 Å². The van der Waals surface area contributed by atoms with Crippen molar-refractivity contribution in [2.24, 2.45) is 0 Å². The Morgan fingerprint density at radius 3 is 3.04 bits per heavy atom. The molecule has 2 aliphatic heterocycles. The van der Waals surface area contributed by atoms with Crippen LogP contribution >= 0.6 is 0 Å². The van der Waals surface area contributed by atoms with Gasteiger partial charge >= 0.3 is 0 Å². The van der Waals surface area contributed by atoms with E-state index in [-0.39, 0.29) is 11.9 Å². The Hall–Kier alpha value is -2.37. The van der Waals surface area contributed by atoms with Crippen LogP contribution in [0.1, 0.15) is 24.2 Å². The van der Waals surface area contributed by atoms with Crippen molar-refractivity contribution >= 4 is 17.4 Å². The fraction of sp³-hybridized carbons (Fsp3) is 0.471. The number of aromatic nitrogens is 3. The summed E-state index contributed by atoms with van der Waals surface area (Å²) in [6.45, 7) is 6.54. The summed E-state index contributed by atoms with van der Waals surface area (Å²) in [4.78, 5) is 21.6. The van der Waals surface area contributed by atoms with E-state index in [4.69, 9.17) is 0 Å². The average molecular weight is 311 g/mol. The largest absolute Gasteiger partial charge is 0.366 e. The minimum atomic E-state index is 0.143. The number of pyridine rings is 1. The first-order chi connectivity index (χ1) is 11.1. The maximum Gasteiger partial charge on any atom is 0.230 e. The highest BCUT2D eigenvalue weighted by Crippen LogP contribution is 2.38. The van der Waals surface area contributed by atoms with Crippen LogP contribution in [0.4, 0.5) is 11.5 Å². The zero-order valence-corrected chi connectivity index (χ0v) is 13.6. The minimum Gasteiger partial charge on any atom is -0.366 e. The molecule has 23 heavy (non-hydrogen) atoms. The van der Waals surface area contributed by atoms with Crippen LogP contribution in [0.2, 0.25) is 0 Å². The summed E-state index contributed by atoms with van der Waals surface area (Å²) < 4.78 is 1.91. The molecular formula is C17H21N5O. The summed E-state index contributed by atoms with van der Waals surface area (Å²) in [7, 11) is 0. The van der Waals surface area contributed by atoms with Crippen LogP contribution in [0.25, 0.3) is 0 Å². The van der Waals surface area contributed by atoms with E-state index in [0.29, 0.717) is 13.0 Å². The Labute approximate surface area is 135 Å². The van der Waals surface area contributed by atoms with Crippen LogP contribution in [0.15, 0.2) is 24.4 Å². The Morgan fingerprint density at radius 2 is 2.26 bits per heavy atom. The molecule has 0 aromatic carbocycles. The standard InChI is InChI=1S/C17H21N5O/c1-12-10-13(2)21(19-12)9-6-16(23)22-14-5-8-20(11-14)15-4-3-7-18-17(15)22/h3-4,7,10,14H,5-6,8-9,11H2,1-2H3. The van der Waals surface area contributed by atoms with Crippen molar-refractivity contribution in [2.45, 2.75) is 39.3 Å². The van der Waals surface area contributed by atoms with Crippen molar-refractivity contribution in [3.05, 3.63) is 35.8 Å². The van der Waals surface area contributed by atoms with Crippen LogP contribution in [0, 0.1) is 13.8 Å². The van der Waals surface area contributed by atoms with Crippen LogP contribution in [0.3, 0.4) is 0 Å². The normalized spacial score (nSPS) is 19.1. The number of rotatable bonds is 3. The number of carbonyl (C=O) groups excluding carboxylic acids is 1. The molecule has 120 valence electrons. The van der Waals surface area contributed by atoms with E-state index in [0.717, 1.165) is 42.4 Å². The van der Waals surface area contributed by atoms with Gasteiger partial charge in [-0.05, 0) is 38.5 Å². The molecule has 0 spiro atoms. The van der Waals surface area contributed by atoms with Crippen LogP contribution in [0.5, 0.6) is 0 Å². The van der Waals surface area contributed by atoms with Crippen molar-refractivity contribution < 1.29 is 4.79 Å². The van der Waals surface area contributed by atoms with Gasteiger partial charge in [0, 0.05) is 37.9 Å². The maximum atomic E-state index is 12.9. The molecule has 6 heteroatoms. The molecule has 0 saturated carbocycles. The Morgan fingerprint density at radius 1 is 1.39 bits per heavy atom. The van der Waals surface area contributed by atoms with Gasteiger partial charge in [0.1, 0.15) is 0 Å². The molecule has 0 aliphatic carbocycles. The summed E-state index contributed by atoms with van der Waals surface area (Å²) in [6.07, 6.45) is 3.24. The van der Waals surface area contributed by atoms with Crippen molar-refractivity contribution in [3.63, 3.8) is 0 Å². The van der Waals surface area contributed by atoms with E-state index >= 15 is 0 Å². The van der Waals surface area contributed by atoms with Crippen molar-refractivity contribution in [3.8, 4) is 0 Å². The number of aryl methyl sites for hydroxylation is 3. The van der Waals surface area contributed by atoms with Gasteiger partial charge in [0.25, 0.3) is 0 Å². The lowest BCUT2D eigenvalue weighted by Crippen LogP contribution is -2.46. The predicted octanol–water partition coefficient (Wildman–Crippen LogP) is 1.91. The number of amides is 1.